The van der Waals surface area contributed by atoms with Crippen LogP contribution >= 0.6 is 0 Å². The zero-order valence-electron chi connectivity index (χ0n) is 9.77. The van der Waals surface area contributed by atoms with Crippen LogP contribution in [0.3, 0.4) is 0 Å². The zero-order chi connectivity index (χ0) is 11.5. The third-order valence-corrected chi connectivity index (χ3v) is 2.00. The predicted molar refractivity (Wildman–Crippen MR) is 60.5 cm³/mol. The molecule has 0 aromatic carbocycles. The Morgan fingerprint density at radius 3 is 1.87 bits per heavy atom. The number of amides is 2. The fraction of sp³-hybridized carbons (Fsp3) is 0.818. The Morgan fingerprint density at radius 2 is 1.40 bits per heavy atom. The van der Waals surface area contributed by atoms with E-state index in [-0.39, 0.29) is 18.2 Å². The van der Waals surface area contributed by atoms with Gasteiger partial charge >= 0.3 is 0 Å². The van der Waals surface area contributed by atoms with Gasteiger partial charge in [-0.2, -0.15) is 0 Å². The average Bonchev–Trinajstić information content (AvgIpc) is 2.24. The summed E-state index contributed by atoms with van der Waals surface area (Å²) in [5, 5.41) is 5.51. The van der Waals surface area contributed by atoms with Gasteiger partial charge in [-0.3, -0.25) is 9.59 Å². The van der Waals surface area contributed by atoms with Crippen molar-refractivity contribution < 1.29 is 9.59 Å². The Balaban J connectivity index is 3.40. The molecular weight excluding hydrogens is 192 g/mol. The maximum absolute atomic E-state index is 11.2. The molecule has 0 unspecified atom stereocenters. The summed E-state index contributed by atoms with van der Waals surface area (Å²) < 4.78 is 0. The second kappa shape index (κ2) is 9.49. The molecule has 0 radical (unpaired) electrons. The highest BCUT2D eigenvalue weighted by molar-refractivity contribution is 5.83. The summed E-state index contributed by atoms with van der Waals surface area (Å²) in [5.74, 6) is -0.0717. The molecule has 0 bridgehead atoms. The molecule has 88 valence electrons. The molecule has 0 aromatic heterocycles. The molecule has 0 atom stereocenters. The first-order chi connectivity index (χ1) is 7.20. The lowest BCUT2D eigenvalue weighted by Crippen LogP contribution is -2.28. The van der Waals surface area contributed by atoms with Crippen LogP contribution < -0.4 is 10.6 Å². The first kappa shape index (κ1) is 13.9. The molecule has 0 aliphatic heterocycles. The normalized spacial score (nSPS) is 9.73. The van der Waals surface area contributed by atoms with Crippen LogP contribution in [0.1, 0.15) is 46.0 Å². The standard InChI is InChI=1S/C11H22N2O2/c1-3-5-9-13-11(15)7-6-10(14)12-8-4-2/h3-9H2,1-2H3,(H,12,14)(H,13,15). The Hall–Kier alpha value is -1.06. The van der Waals surface area contributed by atoms with Gasteiger partial charge in [0, 0.05) is 25.9 Å². The van der Waals surface area contributed by atoms with Crippen LogP contribution in [0.4, 0.5) is 0 Å². The van der Waals surface area contributed by atoms with E-state index in [1.165, 1.54) is 0 Å². The van der Waals surface area contributed by atoms with Crippen molar-refractivity contribution in [2.24, 2.45) is 0 Å². The molecule has 4 nitrogen and oxygen atoms in total. The molecule has 15 heavy (non-hydrogen) atoms. The molecule has 0 fully saturated rings. The van der Waals surface area contributed by atoms with E-state index < -0.39 is 0 Å². The largest absolute Gasteiger partial charge is 0.356 e. The molecule has 0 aliphatic carbocycles. The minimum absolute atomic E-state index is 0.0323. The van der Waals surface area contributed by atoms with Crippen molar-refractivity contribution in [1.29, 1.82) is 0 Å². The second-order valence-electron chi connectivity index (χ2n) is 3.55. The summed E-state index contributed by atoms with van der Waals surface area (Å²) in [4.78, 5) is 22.4. The maximum atomic E-state index is 11.2. The van der Waals surface area contributed by atoms with Crippen molar-refractivity contribution in [3.05, 3.63) is 0 Å². The molecule has 0 saturated heterocycles. The number of nitrogens with one attached hydrogen (secondary N) is 2. The van der Waals surface area contributed by atoms with Gasteiger partial charge in [-0.25, -0.2) is 0 Å². The molecule has 0 spiro atoms. The van der Waals surface area contributed by atoms with E-state index in [0.29, 0.717) is 19.5 Å². The summed E-state index contributed by atoms with van der Waals surface area (Å²) in [6, 6.07) is 0. The molecule has 0 heterocycles. The third kappa shape index (κ3) is 9.25. The lowest BCUT2D eigenvalue weighted by molar-refractivity contribution is -0.126. The van der Waals surface area contributed by atoms with Gasteiger partial charge in [0.25, 0.3) is 0 Å². The fourth-order valence-corrected chi connectivity index (χ4v) is 1.07. The first-order valence-corrected chi connectivity index (χ1v) is 5.74. The molecule has 0 rings (SSSR count). The number of unbranched alkanes of at least 4 members (excludes halogenated alkanes) is 1. The van der Waals surface area contributed by atoms with Crippen molar-refractivity contribution >= 4 is 11.8 Å². The molecule has 0 aromatic rings. The summed E-state index contributed by atoms with van der Waals surface area (Å²) in [6.45, 7) is 5.48. The van der Waals surface area contributed by atoms with Crippen molar-refractivity contribution in [2.45, 2.75) is 46.0 Å². The van der Waals surface area contributed by atoms with Gasteiger partial charge in [-0.05, 0) is 12.8 Å². The summed E-state index contributed by atoms with van der Waals surface area (Å²) in [6.07, 6.45) is 3.57. The van der Waals surface area contributed by atoms with E-state index in [2.05, 4.69) is 17.6 Å². The van der Waals surface area contributed by atoms with Crippen LogP contribution in [0.25, 0.3) is 0 Å². The minimum atomic E-state index is -0.0394. The van der Waals surface area contributed by atoms with Crippen molar-refractivity contribution in [2.75, 3.05) is 13.1 Å². The fourth-order valence-electron chi connectivity index (χ4n) is 1.07. The molecule has 4 heteroatoms. The van der Waals surface area contributed by atoms with Gasteiger partial charge < -0.3 is 10.6 Å². The van der Waals surface area contributed by atoms with Crippen LogP contribution in [-0.2, 0) is 9.59 Å². The number of rotatable bonds is 8. The number of hydrogen-bond donors (Lipinski definition) is 2. The van der Waals surface area contributed by atoms with E-state index in [1.807, 2.05) is 6.92 Å². The second-order valence-corrected chi connectivity index (χ2v) is 3.55. The van der Waals surface area contributed by atoms with E-state index >= 15 is 0 Å². The van der Waals surface area contributed by atoms with Gasteiger partial charge in [0.05, 0.1) is 0 Å². The van der Waals surface area contributed by atoms with Gasteiger partial charge in [-0.1, -0.05) is 20.3 Å². The first-order valence-electron chi connectivity index (χ1n) is 5.74. The van der Waals surface area contributed by atoms with E-state index in [4.69, 9.17) is 0 Å². The third-order valence-electron chi connectivity index (χ3n) is 2.00. The van der Waals surface area contributed by atoms with Crippen molar-refractivity contribution in [3.63, 3.8) is 0 Å². The Bertz CT molecular complexity index is 193. The van der Waals surface area contributed by atoms with Gasteiger partial charge in [0.15, 0.2) is 0 Å². The summed E-state index contributed by atoms with van der Waals surface area (Å²) in [5.41, 5.74) is 0. The molecular formula is C11H22N2O2. The molecule has 0 saturated carbocycles. The lowest BCUT2D eigenvalue weighted by Gasteiger charge is -2.04. The van der Waals surface area contributed by atoms with Crippen LogP contribution in [0.2, 0.25) is 0 Å². The average molecular weight is 214 g/mol. The topological polar surface area (TPSA) is 58.2 Å². The lowest BCUT2D eigenvalue weighted by atomic mass is 10.2. The highest BCUT2D eigenvalue weighted by Gasteiger charge is 2.04. The maximum Gasteiger partial charge on any atom is 0.220 e. The van der Waals surface area contributed by atoms with Crippen LogP contribution in [-0.4, -0.2) is 24.9 Å². The number of hydrogen-bond acceptors (Lipinski definition) is 2. The molecule has 0 aliphatic rings. The molecule has 2 N–H and O–H groups in total. The Kier molecular flexibility index (Phi) is 8.82. The van der Waals surface area contributed by atoms with Gasteiger partial charge in [-0.15, -0.1) is 0 Å². The quantitative estimate of drug-likeness (QED) is 0.597. The summed E-state index contributed by atoms with van der Waals surface area (Å²) in [7, 11) is 0. The van der Waals surface area contributed by atoms with E-state index in [9.17, 15) is 9.59 Å². The SMILES string of the molecule is CCCCNC(=O)CCC(=O)NCCC. The summed E-state index contributed by atoms with van der Waals surface area (Å²) >= 11 is 0. The van der Waals surface area contributed by atoms with Gasteiger partial charge in [0.1, 0.15) is 0 Å². The predicted octanol–water partition coefficient (Wildman–Crippen LogP) is 1.21. The van der Waals surface area contributed by atoms with Crippen LogP contribution in [0, 0.1) is 0 Å². The smallest absolute Gasteiger partial charge is 0.220 e. The van der Waals surface area contributed by atoms with Gasteiger partial charge in [0.2, 0.25) is 11.8 Å². The number of carbonyl (C=O) groups excluding carboxylic acids is 2. The van der Waals surface area contributed by atoms with Crippen LogP contribution in [0.5, 0.6) is 0 Å². The zero-order valence-corrected chi connectivity index (χ0v) is 9.77. The van der Waals surface area contributed by atoms with Crippen molar-refractivity contribution in [3.8, 4) is 0 Å². The number of carbonyl (C=O) groups is 2. The highest BCUT2D eigenvalue weighted by atomic mass is 16.2. The van der Waals surface area contributed by atoms with Crippen molar-refractivity contribution in [1.82, 2.24) is 10.6 Å². The molecule has 2 amide bonds. The Labute approximate surface area is 91.8 Å². The minimum Gasteiger partial charge on any atom is -0.356 e. The Morgan fingerprint density at radius 1 is 0.867 bits per heavy atom. The van der Waals surface area contributed by atoms with E-state index in [0.717, 1.165) is 19.3 Å². The van der Waals surface area contributed by atoms with Crippen LogP contribution in [0.15, 0.2) is 0 Å². The van der Waals surface area contributed by atoms with E-state index in [1.54, 1.807) is 0 Å². The monoisotopic (exact) mass is 214 g/mol. The highest BCUT2D eigenvalue weighted by Crippen LogP contribution is 1.90.